The number of nitrogens with zero attached hydrogens (tertiary/aromatic N) is 4. The van der Waals surface area contributed by atoms with Crippen LogP contribution in [0.15, 0.2) is 23.3 Å². The number of azide groups is 1. The van der Waals surface area contributed by atoms with Crippen LogP contribution >= 0.6 is 0 Å². The summed E-state index contributed by atoms with van der Waals surface area (Å²) in [6.45, 7) is 1.92. The number of aryl methyl sites for hydroxylation is 1. The van der Waals surface area contributed by atoms with Crippen LogP contribution in [0.4, 0.5) is 11.4 Å². The lowest BCUT2D eigenvalue weighted by molar-refractivity contribution is -0.384. The van der Waals surface area contributed by atoms with Gasteiger partial charge >= 0.3 is 0 Å². The predicted molar refractivity (Wildman–Crippen MR) is 51.3 cm³/mol. The van der Waals surface area contributed by atoms with E-state index in [1.54, 1.807) is 6.07 Å². The Kier molecular flexibility index (Phi) is 3.04. The van der Waals surface area contributed by atoms with Gasteiger partial charge in [-0.05, 0) is 23.6 Å². The molecule has 6 heteroatoms. The smallest absolute Gasteiger partial charge is 0.258 e. The SMILES string of the molecule is CCc1ccc([N+](=O)[O-])c(N=[N+]=[N-])c1. The van der Waals surface area contributed by atoms with E-state index in [1.807, 2.05) is 6.92 Å². The fourth-order valence-electron chi connectivity index (χ4n) is 1.07. The van der Waals surface area contributed by atoms with Crippen LogP contribution in [0.5, 0.6) is 0 Å². The molecule has 0 atom stereocenters. The largest absolute Gasteiger partial charge is 0.279 e. The molecule has 0 bridgehead atoms. The van der Waals surface area contributed by atoms with E-state index in [9.17, 15) is 10.1 Å². The van der Waals surface area contributed by atoms with Gasteiger partial charge in [0.05, 0.1) is 4.92 Å². The first-order valence-electron chi connectivity index (χ1n) is 4.01. The maximum Gasteiger partial charge on any atom is 0.279 e. The van der Waals surface area contributed by atoms with Crippen molar-refractivity contribution in [2.24, 2.45) is 5.11 Å². The van der Waals surface area contributed by atoms with E-state index in [4.69, 9.17) is 5.53 Å². The molecule has 0 spiro atoms. The van der Waals surface area contributed by atoms with Crippen LogP contribution in [0.1, 0.15) is 12.5 Å². The number of nitro benzene ring substituents is 1. The molecule has 72 valence electrons. The van der Waals surface area contributed by atoms with E-state index in [-0.39, 0.29) is 11.4 Å². The first-order valence-corrected chi connectivity index (χ1v) is 4.01. The van der Waals surface area contributed by atoms with Gasteiger partial charge < -0.3 is 0 Å². The number of nitro groups is 1. The van der Waals surface area contributed by atoms with Crippen molar-refractivity contribution in [3.8, 4) is 0 Å². The summed E-state index contributed by atoms with van der Waals surface area (Å²) >= 11 is 0. The van der Waals surface area contributed by atoms with Crippen molar-refractivity contribution in [3.63, 3.8) is 0 Å². The van der Waals surface area contributed by atoms with E-state index in [0.717, 1.165) is 12.0 Å². The maximum atomic E-state index is 10.5. The summed E-state index contributed by atoms with van der Waals surface area (Å²) in [6, 6.07) is 4.52. The third-order valence-electron chi connectivity index (χ3n) is 1.80. The summed E-state index contributed by atoms with van der Waals surface area (Å²) < 4.78 is 0. The van der Waals surface area contributed by atoms with Crippen LogP contribution < -0.4 is 0 Å². The molecule has 0 aliphatic heterocycles. The van der Waals surface area contributed by atoms with E-state index in [0.29, 0.717) is 0 Å². The summed E-state index contributed by atoms with van der Waals surface area (Å²) in [5.41, 5.74) is 9.03. The van der Waals surface area contributed by atoms with Gasteiger partial charge in [0, 0.05) is 11.0 Å². The molecule has 0 fully saturated rings. The van der Waals surface area contributed by atoms with Crippen molar-refractivity contribution in [1.82, 2.24) is 0 Å². The topological polar surface area (TPSA) is 91.9 Å². The molecule has 0 N–H and O–H groups in total. The van der Waals surface area contributed by atoms with E-state index in [2.05, 4.69) is 10.0 Å². The Balaban J connectivity index is 3.30. The van der Waals surface area contributed by atoms with Crippen molar-refractivity contribution in [1.29, 1.82) is 0 Å². The van der Waals surface area contributed by atoms with Crippen molar-refractivity contribution >= 4 is 11.4 Å². The maximum absolute atomic E-state index is 10.5. The summed E-state index contributed by atoms with van der Waals surface area (Å²) in [5.74, 6) is 0. The van der Waals surface area contributed by atoms with Gasteiger partial charge in [0.1, 0.15) is 5.69 Å². The normalized spacial score (nSPS) is 9.21. The van der Waals surface area contributed by atoms with Gasteiger partial charge in [0.2, 0.25) is 0 Å². The molecular weight excluding hydrogens is 184 g/mol. The molecule has 0 aliphatic carbocycles. The second kappa shape index (κ2) is 4.25. The van der Waals surface area contributed by atoms with Crippen LogP contribution in [0.25, 0.3) is 10.4 Å². The summed E-state index contributed by atoms with van der Waals surface area (Å²) in [5, 5.41) is 13.8. The number of hydrogen-bond acceptors (Lipinski definition) is 3. The highest BCUT2D eigenvalue weighted by Gasteiger charge is 2.11. The van der Waals surface area contributed by atoms with Gasteiger partial charge in [-0.15, -0.1) is 0 Å². The highest BCUT2D eigenvalue weighted by molar-refractivity contribution is 5.58. The van der Waals surface area contributed by atoms with Crippen molar-refractivity contribution in [2.45, 2.75) is 13.3 Å². The molecular formula is C8H8N4O2. The van der Waals surface area contributed by atoms with Crippen molar-refractivity contribution in [2.75, 3.05) is 0 Å². The quantitative estimate of drug-likeness (QED) is 0.242. The van der Waals surface area contributed by atoms with Crippen molar-refractivity contribution in [3.05, 3.63) is 44.3 Å². The zero-order valence-electron chi connectivity index (χ0n) is 7.54. The first-order chi connectivity index (χ1) is 6.69. The third kappa shape index (κ3) is 1.99. The van der Waals surface area contributed by atoms with E-state index in [1.165, 1.54) is 12.1 Å². The van der Waals surface area contributed by atoms with E-state index >= 15 is 0 Å². The average Bonchev–Trinajstić information content (AvgIpc) is 2.17. The fraction of sp³-hybridized carbons (Fsp3) is 0.250. The monoisotopic (exact) mass is 192 g/mol. The Morgan fingerprint density at radius 2 is 2.36 bits per heavy atom. The molecule has 0 heterocycles. The molecule has 0 aliphatic rings. The van der Waals surface area contributed by atoms with Gasteiger partial charge in [0.25, 0.3) is 5.69 Å². The van der Waals surface area contributed by atoms with Gasteiger partial charge in [-0.3, -0.25) is 10.1 Å². The lowest BCUT2D eigenvalue weighted by Gasteiger charge is -1.99. The lowest BCUT2D eigenvalue weighted by atomic mass is 10.1. The van der Waals surface area contributed by atoms with Gasteiger partial charge in [-0.2, -0.15) is 0 Å². The highest BCUT2D eigenvalue weighted by atomic mass is 16.6. The molecule has 0 radical (unpaired) electrons. The molecule has 14 heavy (non-hydrogen) atoms. The Labute approximate surface area is 79.9 Å². The second-order valence-corrected chi connectivity index (χ2v) is 2.62. The molecule has 0 saturated heterocycles. The van der Waals surface area contributed by atoms with Gasteiger partial charge in [-0.1, -0.05) is 18.1 Å². The number of hydrogen-bond donors (Lipinski definition) is 0. The zero-order chi connectivity index (χ0) is 10.6. The van der Waals surface area contributed by atoms with Gasteiger partial charge in [-0.25, -0.2) is 0 Å². The van der Waals surface area contributed by atoms with Crippen molar-refractivity contribution < 1.29 is 4.92 Å². The number of rotatable bonds is 3. The average molecular weight is 192 g/mol. The molecule has 0 saturated carbocycles. The Hall–Kier alpha value is -2.07. The Morgan fingerprint density at radius 3 is 2.86 bits per heavy atom. The standard InChI is InChI=1S/C8H8N4O2/c1-2-6-3-4-8(12(13)14)7(5-6)10-11-9/h3-5H,2H2,1H3. The van der Waals surface area contributed by atoms with E-state index < -0.39 is 4.92 Å². The summed E-state index contributed by atoms with van der Waals surface area (Å²) in [7, 11) is 0. The summed E-state index contributed by atoms with van der Waals surface area (Å²) in [6.07, 6.45) is 0.742. The Morgan fingerprint density at radius 1 is 1.64 bits per heavy atom. The minimum atomic E-state index is -0.566. The molecule has 1 aromatic rings. The minimum absolute atomic E-state index is 0.0665. The van der Waals surface area contributed by atoms with Crippen LogP contribution in [0, 0.1) is 10.1 Å². The molecule has 0 amide bonds. The Bertz CT molecular complexity index is 410. The molecule has 0 aromatic heterocycles. The third-order valence-corrected chi connectivity index (χ3v) is 1.80. The first kappa shape index (κ1) is 10.0. The highest BCUT2D eigenvalue weighted by Crippen LogP contribution is 2.28. The van der Waals surface area contributed by atoms with Crippen LogP contribution in [-0.2, 0) is 6.42 Å². The second-order valence-electron chi connectivity index (χ2n) is 2.62. The van der Waals surface area contributed by atoms with Crippen LogP contribution in [0.3, 0.4) is 0 Å². The molecule has 6 nitrogen and oxygen atoms in total. The van der Waals surface area contributed by atoms with Crippen LogP contribution in [-0.4, -0.2) is 4.92 Å². The van der Waals surface area contributed by atoms with Crippen LogP contribution in [0.2, 0.25) is 0 Å². The zero-order valence-corrected chi connectivity index (χ0v) is 7.54. The molecule has 1 rings (SSSR count). The predicted octanol–water partition coefficient (Wildman–Crippen LogP) is 3.10. The lowest BCUT2D eigenvalue weighted by Crippen LogP contribution is -1.89. The minimum Gasteiger partial charge on any atom is -0.258 e. The molecule has 1 aromatic carbocycles. The summed E-state index contributed by atoms with van der Waals surface area (Å²) in [4.78, 5) is 12.5. The molecule has 0 unspecified atom stereocenters. The fourth-order valence-corrected chi connectivity index (χ4v) is 1.07. The van der Waals surface area contributed by atoms with Gasteiger partial charge in [0.15, 0.2) is 0 Å². The number of benzene rings is 1.